The van der Waals surface area contributed by atoms with Gasteiger partial charge in [0.05, 0.1) is 6.54 Å². The number of anilines is 1. The van der Waals surface area contributed by atoms with Gasteiger partial charge in [-0.05, 0) is 42.4 Å². The van der Waals surface area contributed by atoms with E-state index >= 15 is 0 Å². The van der Waals surface area contributed by atoms with E-state index in [2.05, 4.69) is 51.9 Å². The second kappa shape index (κ2) is 8.49. The van der Waals surface area contributed by atoms with Crippen LogP contribution < -0.4 is 10.6 Å². The summed E-state index contributed by atoms with van der Waals surface area (Å²) in [6, 6.07) is 13.6. The molecule has 3 rings (SSSR count). The van der Waals surface area contributed by atoms with E-state index in [0.29, 0.717) is 34.2 Å². The number of rotatable bonds is 5. The Morgan fingerprint density at radius 1 is 1.15 bits per heavy atom. The second-order valence-corrected chi connectivity index (χ2v) is 7.05. The van der Waals surface area contributed by atoms with Crippen LogP contribution in [0.5, 0.6) is 0 Å². The summed E-state index contributed by atoms with van der Waals surface area (Å²) >= 11 is 17.4. The Kier molecular flexibility index (Phi) is 6.08. The molecule has 0 radical (unpaired) electrons. The molecule has 0 spiro atoms. The first-order chi connectivity index (χ1) is 12.5. The molecule has 26 heavy (non-hydrogen) atoms. The summed E-state index contributed by atoms with van der Waals surface area (Å²) in [5, 5.41) is 12.1. The van der Waals surface area contributed by atoms with Crippen molar-refractivity contribution in [3.05, 3.63) is 75.5 Å². The molecule has 2 N–H and O–H groups in total. The number of hydrogen-bond acceptors (Lipinski definition) is 3. The number of thiocarbonyl (C=S) groups is 1. The van der Waals surface area contributed by atoms with Crippen molar-refractivity contribution in [2.24, 2.45) is 0 Å². The first kappa shape index (κ1) is 18.6. The molecule has 0 aliphatic rings. The third-order valence-corrected chi connectivity index (χ3v) is 4.52. The first-order valence-corrected chi connectivity index (χ1v) is 9.10. The van der Waals surface area contributed by atoms with E-state index in [9.17, 15) is 0 Å². The van der Waals surface area contributed by atoms with Gasteiger partial charge in [-0.3, -0.25) is 5.32 Å². The second-order valence-electron chi connectivity index (χ2n) is 5.79. The summed E-state index contributed by atoms with van der Waals surface area (Å²) in [5.41, 5.74) is 3.29. The van der Waals surface area contributed by atoms with Gasteiger partial charge in [0.2, 0.25) is 5.95 Å². The van der Waals surface area contributed by atoms with Gasteiger partial charge in [-0.2, -0.15) is 0 Å². The average Bonchev–Trinajstić information content (AvgIpc) is 3.04. The lowest BCUT2D eigenvalue weighted by atomic mass is 10.1. The Hall–Kier alpha value is -2.15. The van der Waals surface area contributed by atoms with Crippen molar-refractivity contribution in [2.45, 2.75) is 20.0 Å². The summed E-state index contributed by atoms with van der Waals surface area (Å²) in [7, 11) is 0. The van der Waals surface area contributed by atoms with Crippen LogP contribution in [0.25, 0.3) is 0 Å². The minimum absolute atomic E-state index is 0.427. The van der Waals surface area contributed by atoms with Crippen LogP contribution in [0.2, 0.25) is 10.0 Å². The van der Waals surface area contributed by atoms with Crippen molar-refractivity contribution >= 4 is 46.5 Å². The van der Waals surface area contributed by atoms with E-state index in [4.69, 9.17) is 35.4 Å². The van der Waals surface area contributed by atoms with Crippen molar-refractivity contribution in [3.8, 4) is 0 Å². The Bertz CT molecular complexity index is 908. The largest absolute Gasteiger partial charge is 0.358 e. The van der Waals surface area contributed by atoms with Crippen molar-refractivity contribution in [3.63, 3.8) is 0 Å². The van der Waals surface area contributed by atoms with E-state index in [0.717, 1.165) is 11.1 Å². The third kappa shape index (κ3) is 5.17. The zero-order valence-electron chi connectivity index (χ0n) is 14.0. The fourth-order valence-electron chi connectivity index (χ4n) is 2.29. The number of nitrogens with one attached hydrogen (secondary N) is 2. The molecule has 0 unspecified atom stereocenters. The van der Waals surface area contributed by atoms with E-state index in [-0.39, 0.29) is 0 Å². The lowest BCUT2D eigenvalue weighted by molar-refractivity contribution is 0.687. The molecule has 0 saturated carbocycles. The highest BCUT2D eigenvalue weighted by Gasteiger charge is 2.06. The fourth-order valence-corrected chi connectivity index (χ4v) is 2.92. The Labute approximate surface area is 167 Å². The molecular weight excluding hydrogens is 389 g/mol. The highest BCUT2D eigenvalue weighted by atomic mass is 35.5. The number of aromatic nitrogens is 3. The van der Waals surface area contributed by atoms with Gasteiger partial charge in [-0.25, -0.2) is 9.67 Å². The molecule has 0 amide bonds. The molecule has 0 bridgehead atoms. The van der Waals surface area contributed by atoms with Crippen LogP contribution in [0.15, 0.2) is 48.8 Å². The molecular formula is C18H17Cl2N5S. The molecule has 0 aliphatic carbocycles. The Balaban J connectivity index is 1.54. The summed E-state index contributed by atoms with van der Waals surface area (Å²) in [6.07, 6.45) is 1.62. The van der Waals surface area contributed by atoms with Gasteiger partial charge < -0.3 is 5.32 Å². The Morgan fingerprint density at radius 2 is 1.92 bits per heavy atom. The van der Waals surface area contributed by atoms with Gasteiger partial charge in [-0.15, -0.1) is 5.10 Å². The van der Waals surface area contributed by atoms with Gasteiger partial charge >= 0.3 is 0 Å². The molecule has 0 saturated heterocycles. The summed E-state index contributed by atoms with van der Waals surface area (Å²) in [4.78, 5) is 4.21. The molecule has 0 atom stereocenters. The van der Waals surface area contributed by atoms with Crippen LogP contribution in [0, 0.1) is 6.92 Å². The summed E-state index contributed by atoms with van der Waals surface area (Å²) in [6.45, 7) is 3.18. The number of benzene rings is 2. The smallest absolute Gasteiger partial charge is 0.248 e. The molecule has 3 aromatic rings. The lowest BCUT2D eigenvalue weighted by Gasteiger charge is -2.08. The Morgan fingerprint density at radius 3 is 2.65 bits per heavy atom. The standard InChI is InChI=1S/C18H17Cl2N5S/c1-12-2-4-13(5-3-12)9-21-18(26)23-17-22-11-25(24-17)10-14-6-7-15(19)8-16(14)20/h2-8,11H,9-10H2,1H3,(H2,21,23,24,26). The van der Waals surface area contributed by atoms with E-state index in [1.54, 1.807) is 23.1 Å². The maximum Gasteiger partial charge on any atom is 0.248 e. The van der Waals surface area contributed by atoms with Gasteiger partial charge in [0, 0.05) is 16.6 Å². The van der Waals surface area contributed by atoms with E-state index in [1.165, 1.54) is 5.56 Å². The van der Waals surface area contributed by atoms with Crippen LogP contribution in [0.4, 0.5) is 5.95 Å². The summed E-state index contributed by atoms with van der Waals surface area (Å²) in [5.74, 6) is 0.427. The van der Waals surface area contributed by atoms with Crippen LogP contribution in [-0.4, -0.2) is 19.9 Å². The quantitative estimate of drug-likeness (QED) is 0.614. The molecule has 0 fully saturated rings. The molecule has 0 aliphatic heterocycles. The van der Waals surface area contributed by atoms with Crippen LogP contribution in [-0.2, 0) is 13.1 Å². The molecule has 1 aromatic heterocycles. The number of nitrogens with zero attached hydrogens (tertiary/aromatic N) is 3. The number of aryl methyl sites for hydroxylation is 1. The van der Waals surface area contributed by atoms with Crippen molar-refractivity contribution < 1.29 is 0 Å². The SMILES string of the molecule is Cc1ccc(CNC(=S)Nc2ncn(Cc3ccc(Cl)cc3Cl)n2)cc1. The molecule has 8 heteroatoms. The minimum Gasteiger partial charge on any atom is -0.358 e. The van der Waals surface area contributed by atoms with Crippen LogP contribution in [0.1, 0.15) is 16.7 Å². The third-order valence-electron chi connectivity index (χ3n) is 3.68. The van der Waals surface area contributed by atoms with Gasteiger partial charge in [0.15, 0.2) is 5.11 Å². The van der Waals surface area contributed by atoms with Crippen molar-refractivity contribution in [1.29, 1.82) is 0 Å². The van der Waals surface area contributed by atoms with Crippen LogP contribution >= 0.6 is 35.4 Å². The van der Waals surface area contributed by atoms with Gasteiger partial charge in [-0.1, -0.05) is 59.1 Å². The maximum atomic E-state index is 6.19. The van der Waals surface area contributed by atoms with E-state index in [1.807, 2.05) is 6.07 Å². The van der Waals surface area contributed by atoms with Crippen molar-refractivity contribution in [2.75, 3.05) is 5.32 Å². The number of hydrogen-bond donors (Lipinski definition) is 2. The predicted octanol–water partition coefficient (Wildman–Crippen LogP) is 4.43. The molecule has 1 heterocycles. The molecule has 5 nitrogen and oxygen atoms in total. The molecule has 2 aromatic carbocycles. The zero-order valence-corrected chi connectivity index (χ0v) is 16.4. The number of halogens is 2. The maximum absolute atomic E-state index is 6.19. The zero-order chi connectivity index (χ0) is 18.5. The van der Waals surface area contributed by atoms with Gasteiger partial charge in [0.1, 0.15) is 6.33 Å². The van der Waals surface area contributed by atoms with Gasteiger partial charge in [0.25, 0.3) is 0 Å². The topological polar surface area (TPSA) is 54.8 Å². The van der Waals surface area contributed by atoms with Crippen LogP contribution in [0.3, 0.4) is 0 Å². The highest BCUT2D eigenvalue weighted by molar-refractivity contribution is 7.80. The fraction of sp³-hybridized carbons (Fsp3) is 0.167. The lowest BCUT2D eigenvalue weighted by Crippen LogP contribution is -2.28. The highest BCUT2D eigenvalue weighted by Crippen LogP contribution is 2.21. The average molecular weight is 406 g/mol. The minimum atomic E-state index is 0.427. The predicted molar refractivity (Wildman–Crippen MR) is 110 cm³/mol. The normalized spacial score (nSPS) is 10.6. The monoisotopic (exact) mass is 405 g/mol. The summed E-state index contributed by atoms with van der Waals surface area (Å²) < 4.78 is 1.68. The molecule has 134 valence electrons. The van der Waals surface area contributed by atoms with Crippen molar-refractivity contribution in [1.82, 2.24) is 20.1 Å². The first-order valence-electron chi connectivity index (χ1n) is 7.93. The van der Waals surface area contributed by atoms with E-state index < -0.39 is 0 Å².